The van der Waals surface area contributed by atoms with Crippen LogP contribution in [0.4, 0.5) is 5.69 Å². The van der Waals surface area contributed by atoms with Gasteiger partial charge in [0.05, 0.1) is 18.0 Å². The standard InChI is InChI=1S/C17H22N2O6/c1-25-15-10-11(8-9-14(15)19(23)24)16(20)18-13-7-5-3-2-4-6-12(13)17(21)22/h8-10,12-13H,2-7H2,1H3,(H,18,20)(H,21,22). The van der Waals surface area contributed by atoms with Gasteiger partial charge in [0.25, 0.3) is 5.91 Å². The lowest BCUT2D eigenvalue weighted by atomic mass is 9.86. The molecule has 1 aliphatic rings. The molecule has 1 saturated carbocycles. The van der Waals surface area contributed by atoms with E-state index in [9.17, 15) is 24.8 Å². The average Bonchev–Trinajstić information content (AvgIpc) is 2.56. The lowest BCUT2D eigenvalue weighted by Crippen LogP contribution is -2.43. The van der Waals surface area contributed by atoms with E-state index in [-0.39, 0.29) is 17.0 Å². The van der Waals surface area contributed by atoms with Crippen LogP contribution >= 0.6 is 0 Å². The number of amides is 1. The van der Waals surface area contributed by atoms with E-state index in [0.29, 0.717) is 12.8 Å². The number of nitrogens with zero attached hydrogens (tertiary/aromatic N) is 1. The maximum Gasteiger partial charge on any atom is 0.310 e. The monoisotopic (exact) mass is 350 g/mol. The van der Waals surface area contributed by atoms with Crippen LogP contribution in [0.5, 0.6) is 5.75 Å². The second-order valence-corrected chi connectivity index (χ2v) is 6.16. The van der Waals surface area contributed by atoms with Gasteiger partial charge in [0.1, 0.15) is 0 Å². The predicted octanol–water partition coefficient (Wildman–Crippen LogP) is 2.76. The normalized spacial score (nSPS) is 20.8. The third kappa shape index (κ3) is 4.68. The first-order valence-electron chi connectivity index (χ1n) is 8.30. The fraction of sp³-hybridized carbons (Fsp3) is 0.529. The molecule has 0 radical (unpaired) electrons. The molecule has 0 bridgehead atoms. The highest BCUT2D eigenvalue weighted by Gasteiger charge is 2.30. The van der Waals surface area contributed by atoms with Crippen molar-refractivity contribution < 1.29 is 24.4 Å². The van der Waals surface area contributed by atoms with Gasteiger partial charge in [-0.1, -0.05) is 25.7 Å². The summed E-state index contributed by atoms with van der Waals surface area (Å²) in [7, 11) is 1.29. The number of ether oxygens (including phenoxy) is 1. The summed E-state index contributed by atoms with van der Waals surface area (Å²) < 4.78 is 4.97. The topological polar surface area (TPSA) is 119 Å². The van der Waals surface area contributed by atoms with Crippen LogP contribution < -0.4 is 10.1 Å². The van der Waals surface area contributed by atoms with Crippen LogP contribution in [-0.2, 0) is 4.79 Å². The first kappa shape index (κ1) is 18.7. The van der Waals surface area contributed by atoms with Gasteiger partial charge in [-0.25, -0.2) is 0 Å². The molecule has 1 amide bonds. The van der Waals surface area contributed by atoms with E-state index in [2.05, 4.69) is 5.32 Å². The molecule has 0 heterocycles. The Balaban J connectivity index is 2.18. The zero-order valence-corrected chi connectivity index (χ0v) is 14.1. The van der Waals surface area contributed by atoms with E-state index < -0.39 is 28.8 Å². The van der Waals surface area contributed by atoms with Crippen molar-refractivity contribution in [3.63, 3.8) is 0 Å². The zero-order valence-electron chi connectivity index (χ0n) is 14.1. The maximum atomic E-state index is 12.5. The zero-order chi connectivity index (χ0) is 18.4. The number of hydrogen-bond donors (Lipinski definition) is 2. The second kappa shape index (κ2) is 8.46. The quantitative estimate of drug-likeness (QED) is 0.622. The highest BCUT2D eigenvalue weighted by atomic mass is 16.6. The van der Waals surface area contributed by atoms with E-state index in [1.807, 2.05) is 0 Å². The fourth-order valence-electron chi connectivity index (χ4n) is 3.17. The molecule has 1 fully saturated rings. The molecule has 2 N–H and O–H groups in total. The van der Waals surface area contributed by atoms with Gasteiger partial charge in [-0.2, -0.15) is 0 Å². The first-order chi connectivity index (χ1) is 11.9. The SMILES string of the molecule is COc1cc(C(=O)NC2CCCCCCC2C(=O)O)ccc1[N+](=O)[O-]. The van der Waals surface area contributed by atoms with Crippen molar-refractivity contribution in [1.82, 2.24) is 5.32 Å². The van der Waals surface area contributed by atoms with Crippen molar-refractivity contribution in [3.8, 4) is 5.75 Å². The number of benzene rings is 1. The van der Waals surface area contributed by atoms with Crippen LogP contribution in [0.2, 0.25) is 0 Å². The highest BCUT2D eigenvalue weighted by molar-refractivity contribution is 5.95. The third-order valence-corrected chi connectivity index (χ3v) is 4.54. The van der Waals surface area contributed by atoms with E-state index in [1.165, 1.54) is 25.3 Å². The molecule has 25 heavy (non-hydrogen) atoms. The summed E-state index contributed by atoms with van der Waals surface area (Å²) in [6, 6.07) is 3.40. The van der Waals surface area contributed by atoms with Crippen molar-refractivity contribution >= 4 is 17.6 Å². The Hall–Kier alpha value is -2.64. The van der Waals surface area contributed by atoms with Crippen molar-refractivity contribution in [3.05, 3.63) is 33.9 Å². The largest absolute Gasteiger partial charge is 0.490 e. The summed E-state index contributed by atoms with van der Waals surface area (Å²) in [5.74, 6) is -1.99. The molecule has 8 heteroatoms. The number of aliphatic carboxylic acids is 1. The molecule has 0 aliphatic heterocycles. The summed E-state index contributed by atoms with van der Waals surface area (Å²) in [6.45, 7) is 0. The molecule has 2 rings (SSSR count). The number of carbonyl (C=O) groups is 2. The molecule has 0 saturated heterocycles. The van der Waals surface area contributed by atoms with Gasteiger partial charge in [-0.05, 0) is 18.9 Å². The van der Waals surface area contributed by atoms with Gasteiger partial charge in [0.2, 0.25) is 0 Å². The van der Waals surface area contributed by atoms with Gasteiger partial charge in [0, 0.05) is 23.7 Å². The van der Waals surface area contributed by atoms with E-state index in [0.717, 1.165) is 25.7 Å². The molecule has 1 aromatic rings. The van der Waals surface area contributed by atoms with Crippen molar-refractivity contribution in [2.24, 2.45) is 5.92 Å². The molecular formula is C17H22N2O6. The molecule has 2 unspecified atom stereocenters. The molecule has 1 aliphatic carbocycles. The van der Waals surface area contributed by atoms with E-state index in [1.54, 1.807) is 0 Å². The van der Waals surface area contributed by atoms with Gasteiger partial charge in [-0.3, -0.25) is 19.7 Å². The Morgan fingerprint density at radius 1 is 1.24 bits per heavy atom. The second-order valence-electron chi connectivity index (χ2n) is 6.16. The summed E-state index contributed by atoms with van der Waals surface area (Å²) in [4.78, 5) is 34.4. The maximum absolute atomic E-state index is 12.5. The van der Waals surface area contributed by atoms with Gasteiger partial charge >= 0.3 is 11.7 Å². The molecule has 2 atom stereocenters. The minimum absolute atomic E-state index is 0.00917. The van der Waals surface area contributed by atoms with Crippen LogP contribution in [-0.4, -0.2) is 35.1 Å². The van der Waals surface area contributed by atoms with Crippen LogP contribution in [0.1, 0.15) is 48.9 Å². The number of nitro groups is 1. The van der Waals surface area contributed by atoms with Crippen molar-refractivity contribution in [1.29, 1.82) is 0 Å². The minimum atomic E-state index is -0.909. The van der Waals surface area contributed by atoms with Crippen LogP contribution in [0.25, 0.3) is 0 Å². The van der Waals surface area contributed by atoms with Crippen LogP contribution in [0, 0.1) is 16.0 Å². The Morgan fingerprint density at radius 3 is 2.52 bits per heavy atom. The van der Waals surface area contributed by atoms with Gasteiger partial charge < -0.3 is 15.2 Å². The smallest absolute Gasteiger partial charge is 0.310 e. The number of carboxylic acid groups (broad SMARTS) is 1. The molecular weight excluding hydrogens is 328 g/mol. The van der Waals surface area contributed by atoms with Crippen molar-refractivity contribution in [2.75, 3.05) is 7.11 Å². The summed E-state index contributed by atoms with van der Waals surface area (Å²) in [5.41, 5.74) is -0.0259. The third-order valence-electron chi connectivity index (χ3n) is 4.54. The summed E-state index contributed by atoms with van der Waals surface area (Å²) in [5, 5.41) is 23.2. The Kier molecular flexibility index (Phi) is 6.32. The van der Waals surface area contributed by atoms with Crippen LogP contribution in [0.3, 0.4) is 0 Å². The van der Waals surface area contributed by atoms with E-state index in [4.69, 9.17) is 4.74 Å². The number of carboxylic acids is 1. The molecule has 1 aromatic carbocycles. The summed E-state index contributed by atoms with van der Waals surface area (Å²) >= 11 is 0. The first-order valence-corrected chi connectivity index (χ1v) is 8.30. The number of hydrogen-bond acceptors (Lipinski definition) is 5. The Morgan fingerprint density at radius 2 is 1.92 bits per heavy atom. The number of methoxy groups -OCH3 is 1. The molecule has 8 nitrogen and oxygen atoms in total. The average molecular weight is 350 g/mol. The Labute approximate surface area is 145 Å². The van der Waals surface area contributed by atoms with Crippen molar-refractivity contribution in [2.45, 2.75) is 44.6 Å². The fourth-order valence-corrected chi connectivity index (χ4v) is 3.17. The number of nitrogens with one attached hydrogen (secondary N) is 1. The summed E-state index contributed by atoms with van der Waals surface area (Å²) in [6.07, 6.45) is 4.84. The highest BCUT2D eigenvalue weighted by Crippen LogP contribution is 2.28. The predicted molar refractivity (Wildman–Crippen MR) is 89.7 cm³/mol. The lowest BCUT2D eigenvalue weighted by molar-refractivity contribution is -0.385. The van der Waals surface area contributed by atoms with E-state index >= 15 is 0 Å². The molecule has 0 spiro atoms. The Bertz CT molecular complexity index is 661. The lowest BCUT2D eigenvalue weighted by Gasteiger charge is -2.27. The molecule has 0 aromatic heterocycles. The number of carbonyl (C=O) groups excluding carboxylic acids is 1. The number of nitro benzene ring substituents is 1. The van der Waals surface area contributed by atoms with Crippen LogP contribution in [0.15, 0.2) is 18.2 Å². The molecule has 136 valence electrons. The number of rotatable bonds is 5. The van der Waals surface area contributed by atoms with Gasteiger partial charge in [-0.15, -0.1) is 0 Å². The minimum Gasteiger partial charge on any atom is -0.490 e. The van der Waals surface area contributed by atoms with Gasteiger partial charge in [0.15, 0.2) is 5.75 Å².